The number of urea groups is 2. The molecule has 0 atom stereocenters. The fraction of sp³-hybridized carbons (Fsp3) is 0.375. The van der Waals surface area contributed by atoms with Crippen LogP contribution in [0, 0.1) is 0 Å². The smallest absolute Gasteiger partial charge is 0.335 e. The molecule has 0 aliphatic carbocycles. The maximum Gasteiger partial charge on any atom is 0.335 e. The molecule has 0 unspecified atom stereocenters. The summed E-state index contributed by atoms with van der Waals surface area (Å²) in [6.07, 6.45) is 0. The van der Waals surface area contributed by atoms with E-state index in [-0.39, 0.29) is 0 Å². The maximum absolute atomic E-state index is 11.6. The number of nitrogens with zero attached hydrogens (tertiary/aromatic N) is 2. The molecule has 0 aromatic carbocycles. The van der Waals surface area contributed by atoms with E-state index >= 15 is 0 Å². The molecule has 0 bridgehead atoms. The van der Waals surface area contributed by atoms with Crippen LogP contribution in [-0.4, -0.2) is 59.2 Å². The van der Waals surface area contributed by atoms with Gasteiger partial charge in [-0.15, -0.1) is 0 Å². The molecule has 5 N–H and O–H groups in total. The normalized spacial score (nSPS) is 14.9. The minimum absolute atomic E-state index is 0.466. The van der Waals surface area contributed by atoms with Crippen molar-refractivity contribution in [2.45, 2.75) is 0 Å². The van der Waals surface area contributed by atoms with Gasteiger partial charge in [0.1, 0.15) is 13.1 Å². The lowest BCUT2D eigenvalue weighted by atomic mass is 10.5. The number of hydrogen-bond donors (Lipinski definition) is 3. The van der Waals surface area contributed by atoms with Crippen LogP contribution >= 0.6 is 0 Å². The van der Waals surface area contributed by atoms with Crippen LogP contribution in [-0.2, 0) is 14.4 Å². The Morgan fingerprint density at radius 1 is 1.17 bits per heavy atom. The molecule has 7 amide bonds. The number of carbonyl (C=O) groups excluding carboxylic acids is 5. The molecule has 10 heteroatoms. The summed E-state index contributed by atoms with van der Waals surface area (Å²) < 4.78 is 0. The number of carbonyl (C=O) groups is 5. The second-order valence-corrected chi connectivity index (χ2v) is 3.44. The molecular formula is C8H11N5O5. The molecule has 98 valence electrons. The Balaban J connectivity index is 2.67. The number of rotatable bonds is 4. The predicted molar refractivity (Wildman–Crippen MR) is 55.6 cm³/mol. The van der Waals surface area contributed by atoms with E-state index in [9.17, 15) is 24.0 Å². The first kappa shape index (κ1) is 13.4. The molecule has 1 saturated heterocycles. The van der Waals surface area contributed by atoms with Crippen molar-refractivity contribution < 1.29 is 24.0 Å². The monoisotopic (exact) mass is 257 g/mol. The van der Waals surface area contributed by atoms with Crippen LogP contribution in [0.2, 0.25) is 0 Å². The van der Waals surface area contributed by atoms with E-state index in [0.717, 1.165) is 0 Å². The first-order valence-electron chi connectivity index (χ1n) is 4.79. The van der Waals surface area contributed by atoms with Gasteiger partial charge in [0, 0.05) is 0 Å². The van der Waals surface area contributed by atoms with Crippen LogP contribution in [0.15, 0.2) is 0 Å². The van der Waals surface area contributed by atoms with Gasteiger partial charge in [-0.05, 0) is 0 Å². The summed E-state index contributed by atoms with van der Waals surface area (Å²) >= 11 is 0. The Bertz CT molecular complexity index is 434. The van der Waals surface area contributed by atoms with Gasteiger partial charge in [0.2, 0.25) is 11.8 Å². The Kier molecular flexibility index (Phi) is 3.82. The Labute approximate surface area is 101 Å². The number of hydrogen-bond acceptors (Lipinski definition) is 5. The van der Waals surface area contributed by atoms with Crippen molar-refractivity contribution in [1.29, 1.82) is 0 Å². The average molecular weight is 257 g/mol. The lowest BCUT2D eigenvalue weighted by molar-refractivity contribution is -0.129. The molecule has 1 aliphatic heterocycles. The molecule has 0 radical (unpaired) electrons. The SMILES string of the molecule is NC(=O)CNC(=O)N1CC(=O)N(CC(N)=O)C1=O. The number of imide groups is 2. The lowest BCUT2D eigenvalue weighted by Crippen LogP contribution is -2.46. The molecule has 1 fully saturated rings. The molecule has 0 saturated carbocycles. The van der Waals surface area contributed by atoms with Gasteiger partial charge >= 0.3 is 12.1 Å². The summed E-state index contributed by atoms with van der Waals surface area (Å²) in [6, 6.07) is -1.92. The zero-order valence-corrected chi connectivity index (χ0v) is 9.21. The fourth-order valence-electron chi connectivity index (χ4n) is 1.27. The third kappa shape index (κ3) is 2.93. The zero-order chi connectivity index (χ0) is 13.9. The molecule has 0 aromatic heterocycles. The fourth-order valence-corrected chi connectivity index (χ4v) is 1.27. The highest BCUT2D eigenvalue weighted by Crippen LogP contribution is 2.09. The molecular weight excluding hydrogens is 246 g/mol. The standard InChI is InChI=1S/C8H11N5O5/c9-4(14)1-11-7(17)13-3-6(16)12(8(13)18)2-5(10)15/h1-3H2,(H2,9,14)(H2,10,15)(H,11,17). The Morgan fingerprint density at radius 2 is 1.78 bits per heavy atom. The Hall–Kier alpha value is -2.65. The van der Waals surface area contributed by atoms with Crippen LogP contribution in [0.25, 0.3) is 0 Å². The molecule has 10 nitrogen and oxygen atoms in total. The highest BCUT2D eigenvalue weighted by atomic mass is 16.2. The van der Waals surface area contributed by atoms with E-state index in [0.29, 0.717) is 9.80 Å². The van der Waals surface area contributed by atoms with Crippen molar-refractivity contribution in [2.75, 3.05) is 19.6 Å². The highest BCUT2D eigenvalue weighted by Gasteiger charge is 2.40. The van der Waals surface area contributed by atoms with E-state index in [1.807, 2.05) is 5.32 Å². The second-order valence-electron chi connectivity index (χ2n) is 3.44. The number of amides is 7. The van der Waals surface area contributed by atoms with Crippen molar-refractivity contribution in [3.05, 3.63) is 0 Å². The molecule has 18 heavy (non-hydrogen) atoms. The summed E-state index contributed by atoms with van der Waals surface area (Å²) in [4.78, 5) is 56.5. The van der Waals surface area contributed by atoms with Crippen LogP contribution in [0.5, 0.6) is 0 Å². The maximum atomic E-state index is 11.6. The zero-order valence-electron chi connectivity index (χ0n) is 9.21. The first-order valence-corrected chi connectivity index (χ1v) is 4.79. The minimum Gasteiger partial charge on any atom is -0.368 e. The van der Waals surface area contributed by atoms with E-state index in [1.165, 1.54) is 0 Å². The summed E-state index contributed by atoms with van der Waals surface area (Å²) in [5, 5.41) is 2.05. The quantitative estimate of drug-likeness (QED) is 0.455. The summed E-state index contributed by atoms with van der Waals surface area (Å²) in [5.41, 5.74) is 9.65. The molecule has 1 aliphatic rings. The van der Waals surface area contributed by atoms with Crippen LogP contribution in [0.4, 0.5) is 9.59 Å². The largest absolute Gasteiger partial charge is 0.368 e. The van der Waals surface area contributed by atoms with Gasteiger partial charge in [0.25, 0.3) is 5.91 Å². The number of primary amides is 2. The van der Waals surface area contributed by atoms with E-state index in [2.05, 4.69) is 0 Å². The molecule has 0 spiro atoms. The first-order chi connectivity index (χ1) is 8.32. The molecule has 1 rings (SSSR count). The minimum atomic E-state index is -0.972. The predicted octanol–water partition coefficient (Wildman–Crippen LogP) is -3.07. The van der Waals surface area contributed by atoms with E-state index < -0.39 is 49.4 Å². The van der Waals surface area contributed by atoms with Crippen LogP contribution in [0.3, 0.4) is 0 Å². The number of nitrogens with two attached hydrogens (primary N) is 2. The van der Waals surface area contributed by atoms with Crippen LogP contribution < -0.4 is 16.8 Å². The summed E-state index contributed by atoms with van der Waals surface area (Å²) in [6.45, 7) is -1.58. The highest BCUT2D eigenvalue weighted by molar-refractivity contribution is 6.11. The van der Waals surface area contributed by atoms with Gasteiger partial charge in [-0.1, -0.05) is 0 Å². The second kappa shape index (κ2) is 5.12. The summed E-state index contributed by atoms with van der Waals surface area (Å²) in [5.74, 6) is -2.40. The van der Waals surface area contributed by atoms with Crippen molar-refractivity contribution in [3.63, 3.8) is 0 Å². The van der Waals surface area contributed by atoms with Gasteiger partial charge < -0.3 is 16.8 Å². The average Bonchev–Trinajstić information content (AvgIpc) is 2.53. The van der Waals surface area contributed by atoms with Crippen molar-refractivity contribution in [3.8, 4) is 0 Å². The van der Waals surface area contributed by atoms with E-state index in [1.54, 1.807) is 0 Å². The van der Waals surface area contributed by atoms with Gasteiger partial charge in [0.15, 0.2) is 0 Å². The van der Waals surface area contributed by atoms with Gasteiger partial charge in [0.05, 0.1) is 6.54 Å². The van der Waals surface area contributed by atoms with Gasteiger partial charge in [-0.3, -0.25) is 19.3 Å². The van der Waals surface area contributed by atoms with Crippen molar-refractivity contribution in [1.82, 2.24) is 15.1 Å². The van der Waals surface area contributed by atoms with Crippen molar-refractivity contribution in [2.24, 2.45) is 11.5 Å². The van der Waals surface area contributed by atoms with E-state index in [4.69, 9.17) is 11.5 Å². The molecule has 1 heterocycles. The number of nitrogens with one attached hydrogen (secondary N) is 1. The van der Waals surface area contributed by atoms with Gasteiger partial charge in [-0.2, -0.15) is 0 Å². The van der Waals surface area contributed by atoms with Crippen molar-refractivity contribution >= 4 is 29.8 Å². The third-order valence-electron chi connectivity index (χ3n) is 2.03. The third-order valence-corrected chi connectivity index (χ3v) is 2.03. The summed E-state index contributed by atoms with van der Waals surface area (Å²) in [7, 11) is 0. The topological polar surface area (TPSA) is 156 Å². The lowest BCUT2D eigenvalue weighted by Gasteiger charge is -2.14. The Morgan fingerprint density at radius 3 is 2.28 bits per heavy atom. The molecule has 0 aromatic rings. The van der Waals surface area contributed by atoms with Gasteiger partial charge in [-0.25, -0.2) is 14.5 Å². The van der Waals surface area contributed by atoms with Crippen LogP contribution in [0.1, 0.15) is 0 Å².